The van der Waals surface area contributed by atoms with Gasteiger partial charge in [-0.25, -0.2) is 18.7 Å². The van der Waals surface area contributed by atoms with Crippen molar-refractivity contribution in [1.29, 1.82) is 0 Å². The molecule has 1 aliphatic heterocycles. The third-order valence-electron chi connectivity index (χ3n) is 4.09. The van der Waals surface area contributed by atoms with Crippen LogP contribution in [-0.2, 0) is 31.6 Å². The molecule has 0 bridgehead atoms. The summed E-state index contributed by atoms with van der Waals surface area (Å²) in [6.45, 7) is -1.06. The van der Waals surface area contributed by atoms with Crippen LogP contribution < -0.4 is 11.3 Å². The molecule has 23 heteroatoms. The van der Waals surface area contributed by atoms with E-state index in [0.717, 1.165) is 10.9 Å². The van der Waals surface area contributed by atoms with E-state index >= 15 is 0 Å². The van der Waals surface area contributed by atoms with Crippen LogP contribution in [0.25, 0.3) is 11.2 Å². The van der Waals surface area contributed by atoms with Gasteiger partial charge in [-0.2, -0.15) is 13.6 Å². The Kier molecular flexibility index (Phi) is 7.08. The van der Waals surface area contributed by atoms with Gasteiger partial charge in [0.25, 0.3) is 5.56 Å². The number of anilines is 1. The van der Waals surface area contributed by atoms with E-state index in [1.165, 1.54) is 0 Å². The maximum absolute atomic E-state index is 11.9. The molecule has 33 heavy (non-hydrogen) atoms. The Hall–Kier alpha value is -1.13. The zero-order valence-electron chi connectivity index (χ0n) is 15.8. The summed E-state index contributed by atoms with van der Waals surface area (Å²) in [7, 11) is -15.0. The van der Waals surface area contributed by atoms with Crippen LogP contribution in [0.2, 0.25) is 0 Å². The fourth-order valence-corrected chi connectivity index (χ4v) is 6.11. The highest BCUT2D eigenvalue weighted by Gasteiger charge is 2.54. The molecule has 7 atom stereocenters. The van der Waals surface area contributed by atoms with Crippen LogP contribution in [-0.4, -0.2) is 73.5 Å². The first-order valence-electron chi connectivity index (χ1n) is 8.27. The monoisotopic (exact) mass is 555 g/mol. The lowest BCUT2D eigenvalue weighted by molar-refractivity contribution is -0.0527. The zero-order chi connectivity index (χ0) is 25.0. The van der Waals surface area contributed by atoms with Gasteiger partial charge >= 0.3 is 23.5 Å². The van der Waals surface area contributed by atoms with Crippen molar-refractivity contribution < 1.29 is 61.4 Å². The van der Waals surface area contributed by atoms with Crippen LogP contribution in [0.4, 0.5) is 5.95 Å². The Bertz CT molecular complexity index is 1250. The second-order valence-corrected chi connectivity index (χ2v) is 11.9. The number of hydrogen-bond donors (Lipinski definition) is 8. The van der Waals surface area contributed by atoms with Gasteiger partial charge in [0.05, 0.1) is 12.9 Å². The molecule has 0 aromatic carbocycles. The summed E-state index contributed by atoms with van der Waals surface area (Å²) < 4.78 is 52.0. The first kappa shape index (κ1) is 26.5. The number of nitrogens with two attached hydrogens (primary N) is 1. The minimum absolute atomic E-state index is 0.130. The van der Waals surface area contributed by atoms with E-state index in [4.69, 9.17) is 25.2 Å². The summed E-state index contributed by atoms with van der Waals surface area (Å²) in [6.07, 6.45) is -3.83. The molecule has 1 aliphatic rings. The first-order chi connectivity index (χ1) is 14.9. The molecule has 2 aromatic heterocycles. The molecule has 0 spiro atoms. The number of nitrogens with one attached hydrogen (secondary N) is 1. The molecular weight excluding hydrogens is 538 g/mol. The smallest absolute Gasteiger partial charge is 0.385 e. The molecule has 186 valence electrons. The second kappa shape index (κ2) is 8.82. The molecule has 9 N–H and O–H groups in total. The van der Waals surface area contributed by atoms with Gasteiger partial charge in [-0.3, -0.25) is 18.9 Å². The lowest BCUT2D eigenvalue weighted by atomic mass is 10.1. The van der Waals surface area contributed by atoms with E-state index in [1.54, 1.807) is 0 Å². The number of phosphoric acid groups is 3. The van der Waals surface area contributed by atoms with Crippen LogP contribution in [0.5, 0.6) is 0 Å². The molecule has 1 fully saturated rings. The largest absolute Gasteiger partial charge is 0.490 e. The van der Waals surface area contributed by atoms with Crippen LogP contribution in [0.3, 0.4) is 0 Å². The van der Waals surface area contributed by atoms with E-state index in [1.807, 2.05) is 9.24 Å². The number of hydrogen-bond acceptors (Lipinski definition) is 13. The van der Waals surface area contributed by atoms with Crippen molar-refractivity contribution >= 4 is 49.8 Å². The predicted octanol–water partition coefficient (Wildman–Crippen LogP) is -2.13. The Morgan fingerprint density at radius 2 is 1.88 bits per heavy atom. The summed E-state index contributed by atoms with van der Waals surface area (Å²) in [4.78, 5) is 57.6. The zero-order valence-corrected chi connectivity index (χ0v) is 19.6. The van der Waals surface area contributed by atoms with Crippen molar-refractivity contribution in [3.8, 4) is 0 Å². The lowest BCUT2D eigenvalue weighted by Gasteiger charge is -2.26. The molecule has 3 unspecified atom stereocenters. The number of H-pyrrole nitrogens is 1. The standard InChI is InChI=1S/C10H17N5O14P4/c11-9-13-6-4(7(17)14-9)12-2-15(6)8-5(16)10(18,30)3(27-8)1-26-32(22,23)29-33(24,25)28-31(19,20)21/h2-3,5,8,16,18H,1,30H2,(H,22,23)(H,24,25)(H2,19,20,21)(H3,11,13,14,17)/t3-,5+,8-,10+/m1/s1. The number of aromatic nitrogens is 4. The van der Waals surface area contributed by atoms with Crippen molar-refractivity contribution in [3.05, 3.63) is 16.7 Å². The quantitative estimate of drug-likeness (QED) is 0.161. The van der Waals surface area contributed by atoms with Gasteiger partial charge in [-0.15, -0.1) is 0 Å². The van der Waals surface area contributed by atoms with Crippen molar-refractivity contribution in [3.63, 3.8) is 0 Å². The number of nitrogen functional groups attached to an aromatic ring is 1. The molecule has 3 rings (SSSR count). The number of rotatable bonds is 8. The summed E-state index contributed by atoms with van der Waals surface area (Å²) in [5.74, 6) is -0.285. The van der Waals surface area contributed by atoms with Crippen molar-refractivity contribution in [2.24, 2.45) is 0 Å². The van der Waals surface area contributed by atoms with Gasteiger partial charge in [0.1, 0.15) is 17.6 Å². The van der Waals surface area contributed by atoms with Crippen molar-refractivity contribution in [2.45, 2.75) is 23.8 Å². The molecule has 0 radical (unpaired) electrons. The van der Waals surface area contributed by atoms with Gasteiger partial charge in [-0.1, -0.05) is 9.24 Å². The highest BCUT2D eigenvalue weighted by molar-refractivity contribution is 7.66. The number of nitrogens with zero attached hydrogens (tertiary/aromatic N) is 3. The van der Waals surface area contributed by atoms with Crippen LogP contribution >= 0.6 is 32.7 Å². The Labute approximate surface area is 184 Å². The molecule has 1 saturated heterocycles. The number of aliphatic hydroxyl groups is 2. The fraction of sp³-hybridized carbons (Fsp3) is 0.500. The van der Waals surface area contributed by atoms with Crippen LogP contribution in [0, 0.1) is 0 Å². The minimum Gasteiger partial charge on any atom is -0.385 e. The third kappa shape index (κ3) is 5.93. The maximum Gasteiger partial charge on any atom is 0.490 e. The number of aliphatic hydroxyl groups excluding tert-OH is 1. The molecule has 0 amide bonds. The number of ether oxygens (including phenoxy) is 1. The number of aromatic amines is 1. The van der Waals surface area contributed by atoms with E-state index in [9.17, 15) is 33.6 Å². The van der Waals surface area contributed by atoms with Crippen LogP contribution in [0.15, 0.2) is 11.1 Å². The van der Waals surface area contributed by atoms with Gasteiger partial charge in [0.2, 0.25) is 5.95 Å². The van der Waals surface area contributed by atoms with E-state index in [2.05, 4.69) is 28.1 Å². The SMILES string of the molecule is Nc1nc2c(ncn2[C@@H]2O[C@H](COP(=O)(O)OP(=O)(O)OP(=O)(O)O)[C@](O)(P)[C@H]2O)c(=O)[nH]1. The van der Waals surface area contributed by atoms with Crippen molar-refractivity contribution in [2.75, 3.05) is 12.3 Å². The topological polar surface area (TPSA) is 299 Å². The Morgan fingerprint density at radius 1 is 1.24 bits per heavy atom. The molecule has 0 aliphatic carbocycles. The molecule has 3 heterocycles. The first-order valence-corrected chi connectivity index (χ1v) is 13.4. The average Bonchev–Trinajstić information content (AvgIpc) is 3.10. The normalized spacial score (nSPS) is 29.7. The molecular formula is C10H17N5O14P4. The van der Waals surface area contributed by atoms with E-state index in [-0.39, 0.29) is 17.1 Å². The third-order valence-corrected chi connectivity index (χ3v) is 8.61. The Morgan fingerprint density at radius 3 is 2.48 bits per heavy atom. The van der Waals surface area contributed by atoms with E-state index < -0.39 is 59.4 Å². The highest BCUT2D eigenvalue weighted by Crippen LogP contribution is 2.66. The summed E-state index contributed by atoms with van der Waals surface area (Å²) in [5, 5.41) is 18.8. The van der Waals surface area contributed by atoms with Crippen LogP contribution in [0.1, 0.15) is 6.23 Å². The summed E-state index contributed by atoms with van der Waals surface area (Å²) >= 11 is 0. The van der Waals surface area contributed by atoms with Gasteiger partial charge in [-0.05, 0) is 0 Å². The number of imidazole rings is 1. The summed E-state index contributed by atoms with van der Waals surface area (Å²) in [6, 6.07) is 0. The van der Waals surface area contributed by atoms with Gasteiger partial charge in [0, 0.05) is 0 Å². The predicted molar refractivity (Wildman–Crippen MR) is 107 cm³/mol. The molecule has 19 nitrogen and oxygen atoms in total. The Balaban J connectivity index is 1.78. The number of fused-ring (bicyclic) bond motifs is 1. The van der Waals surface area contributed by atoms with Crippen molar-refractivity contribution in [1.82, 2.24) is 19.5 Å². The van der Waals surface area contributed by atoms with Gasteiger partial charge in [0.15, 0.2) is 17.4 Å². The summed E-state index contributed by atoms with van der Waals surface area (Å²) in [5.41, 5.74) is 4.48. The number of phosphoric ester groups is 1. The fourth-order valence-electron chi connectivity index (χ4n) is 2.76. The average molecular weight is 555 g/mol. The molecule has 2 aromatic rings. The van der Waals surface area contributed by atoms with E-state index in [0.29, 0.717) is 0 Å². The van der Waals surface area contributed by atoms with Gasteiger partial charge < -0.3 is 40.3 Å². The minimum atomic E-state index is -5.75. The maximum atomic E-state index is 11.9. The highest BCUT2D eigenvalue weighted by atomic mass is 31.3. The second-order valence-electron chi connectivity index (χ2n) is 6.51. The lowest BCUT2D eigenvalue weighted by Crippen LogP contribution is -2.43. The molecule has 0 saturated carbocycles.